The maximum absolute atomic E-state index is 11.9. The normalized spacial score (nSPS) is 13.0. The average Bonchev–Trinajstić information content (AvgIpc) is 2.36. The number of nitrogens with zero attached hydrogens (tertiary/aromatic N) is 1. The summed E-state index contributed by atoms with van der Waals surface area (Å²) in [5, 5.41) is 1.48. The quantitative estimate of drug-likeness (QED) is 0.804. The molecule has 1 heterocycles. The molecule has 1 atom stereocenters. The van der Waals surface area contributed by atoms with Gasteiger partial charge in [-0.15, -0.1) is 0 Å². The van der Waals surface area contributed by atoms with Crippen molar-refractivity contribution in [3.63, 3.8) is 0 Å². The van der Waals surface area contributed by atoms with E-state index in [0.717, 1.165) is 10.9 Å². The number of ether oxygens (including phenoxy) is 2. The maximum atomic E-state index is 11.9. The van der Waals surface area contributed by atoms with E-state index in [2.05, 4.69) is 4.98 Å². The van der Waals surface area contributed by atoms with E-state index in [-0.39, 0.29) is 0 Å². The molecule has 112 valence electrons. The zero-order valence-corrected chi connectivity index (χ0v) is 13.3. The number of carbonyl (C=O) groups is 1. The van der Waals surface area contributed by atoms with E-state index in [0.29, 0.717) is 10.8 Å². The van der Waals surface area contributed by atoms with Gasteiger partial charge < -0.3 is 9.47 Å². The first kappa shape index (κ1) is 15.6. The van der Waals surface area contributed by atoms with Gasteiger partial charge in [-0.1, -0.05) is 11.6 Å². The third-order valence-corrected chi connectivity index (χ3v) is 3.04. The summed E-state index contributed by atoms with van der Waals surface area (Å²) in [5.41, 5.74) is 0.184. The number of pyridine rings is 1. The molecular weight excluding hydrogens is 290 g/mol. The first-order valence-electron chi connectivity index (χ1n) is 6.70. The van der Waals surface area contributed by atoms with E-state index < -0.39 is 17.7 Å². The number of carbonyl (C=O) groups excluding carboxylic acids is 1. The highest BCUT2D eigenvalue weighted by molar-refractivity contribution is 6.35. The van der Waals surface area contributed by atoms with Gasteiger partial charge in [0.1, 0.15) is 11.4 Å². The van der Waals surface area contributed by atoms with Crippen molar-refractivity contribution < 1.29 is 14.3 Å². The molecule has 0 aliphatic carbocycles. The van der Waals surface area contributed by atoms with Crippen molar-refractivity contribution in [2.75, 3.05) is 0 Å². The van der Waals surface area contributed by atoms with Gasteiger partial charge in [0.2, 0.25) is 0 Å². The summed E-state index contributed by atoms with van der Waals surface area (Å²) in [6.45, 7) is 7.11. The molecule has 0 N–H and O–H groups in total. The Hall–Kier alpha value is -1.81. The van der Waals surface area contributed by atoms with Crippen LogP contribution in [0.3, 0.4) is 0 Å². The number of benzene rings is 1. The van der Waals surface area contributed by atoms with Gasteiger partial charge in [-0.25, -0.2) is 4.79 Å². The zero-order valence-electron chi connectivity index (χ0n) is 12.5. The minimum atomic E-state index is -0.694. The smallest absolute Gasteiger partial charge is 0.347 e. The summed E-state index contributed by atoms with van der Waals surface area (Å²) in [5.74, 6) is 0.150. The first-order valence-corrected chi connectivity index (χ1v) is 7.08. The SMILES string of the molecule is C[C@@H](Oc1ccc2c(Cl)ccnc2c1)C(=O)OC(C)(C)C. The van der Waals surface area contributed by atoms with Crippen molar-refractivity contribution >= 4 is 28.5 Å². The predicted molar refractivity (Wildman–Crippen MR) is 82.7 cm³/mol. The van der Waals surface area contributed by atoms with Crippen LogP contribution in [-0.2, 0) is 9.53 Å². The topological polar surface area (TPSA) is 48.4 Å². The number of esters is 1. The molecule has 0 spiro atoms. The van der Waals surface area contributed by atoms with Crippen molar-refractivity contribution in [2.24, 2.45) is 0 Å². The molecule has 21 heavy (non-hydrogen) atoms. The molecule has 1 aromatic heterocycles. The molecule has 0 bridgehead atoms. The van der Waals surface area contributed by atoms with Crippen LogP contribution in [0.15, 0.2) is 30.5 Å². The van der Waals surface area contributed by atoms with Gasteiger partial charge in [-0.3, -0.25) is 4.98 Å². The van der Waals surface area contributed by atoms with Crippen molar-refractivity contribution in [3.05, 3.63) is 35.5 Å². The Morgan fingerprint density at radius 3 is 2.67 bits per heavy atom. The summed E-state index contributed by atoms with van der Waals surface area (Å²) in [7, 11) is 0. The molecule has 1 aromatic carbocycles. The van der Waals surface area contributed by atoms with Crippen LogP contribution in [0.5, 0.6) is 5.75 Å². The first-order chi connectivity index (χ1) is 9.76. The third-order valence-electron chi connectivity index (χ3n) is 2.71. The van der Waals surface area contributed by atoms with Gasteiger partial charge in [0, 0.05) is 17.6 Å². The van der Waals surface area contributed by atoms with E-state index in [4.69, 9.17) is 21.1 Å². The van der Waals surface area contributed by atoms with Crippen LogP contribution in [0.25, 0.3) is 10.9 Å². The van der Waals surface area contributed by atoms with Crippen molar-refractivity contribution in [1.82, 2.24) is 4.98 Å². The molecule has 0 amide bonds. The molecule has 2 rings (SSSR count). The average molecular weight is 308 g/mol. The lowest BCUT2D eigenvalue weighted by Crippen LogP contribution is -2.33. The van der Waals surface area contributed by atoms with Gasteiger partial charge >= 0.3 is 5.97 Å². The molecule has 5 heteroatoms. The predicted octanol–water partition coefficient (Wildman–Crippen LogP) is 4.00. The highest BCUT2D eigenvalue weighted by atomic mass is 35.5. The van der Waals surface area contributed by atoms with Crippen molar-refractivity contribution in [1.29, 1.82) is 0 Å². The highest BCUT2D eigenvalue weighted by Gasteiger charge is 2.23. The summed E-state index contributed by atoms with van der Waals surface area (Å²) in [6.07, 6.45) is 0.937. The molecule has 0 aliphatic heterocycles. The van der Waals surface area contributed by atoms with Gasteiger partial charge in [0.05, 0.1) is 10.5 Å². The summed E-state index contributed by atoms with van der Waals surface area (Å²) in [6, 6.07) is 7.06. The Morgan fingerprint density at radius 2 is 2.00 bits per heavy atom. The second-order valence-corrected chi connectivity index (χ2v) is 6.17. The monoisotopic (exact) mass is 307 g/mol. The van der Waals surface area contributed by atoms with E-state index >= 15 is 0 Å². The summed E-state index contributed by atoms with van der Waals surface area (Å²) in [4.78, 5) is 16.1. The molecule has 4 nitrogen and oxygen atoms in total. The number of fused-ring (bicyclic) bond motifs is 1. The van der Waals surface area contributed by atoms with E-state index in [9.17, 15) is 4.79 Å². The number of hydrogen-bond donors (Lipinski definition) is 0. The van der Waals surface area contributed by atoms with Crippen LogP contribution in [0.1, 0.15) is 27.7 Å². The van der Waals surface area contributed by atoms with E-state index in [1.807, 2.05) is 26.8 Å². The Labute approximate surface area is 129 Å². The summed E-state index contributed by atoms with van der Waals surface area (Å²) < 4.78 is 10.9. The molecule has 0 aliphatic rings. The van der Waals surface area contributed by atoms with Gasteiger partial charge in [0.25, 0.3) is 0 Å². The lowest BCUT2D eigenvalue weighted by molar-refractivity contribution is -0.162. The summed E-state index contributed by atoms with van der Waals surface area (Å²) >= 11 is 6.08. The Balaban J connectivity index is 2.14. The van der Waals surface area contributed by atoms with Crippen molar-refractivity contribution in [3.8, 4) is 5.75 Å². The molecule has 0 fully saturated rings. The molecule has 0 radical (unpaired) electrons. The van der Waals surface area contributed by atoms with Crippen LogP contribution in [0, 0.1) is 0 Å². The fourth-order valence-electron chi connectivity index (χ4n) is 1.80. The molecule has 0 saturated carbocycles. The van der Waals surface area contributed by atoms with Crippen LogP contribution in [0.4, 0.5) is 0 Å². The fraction of sp³-hybridized carbons (Fsp3) is 0.375. The number of hydrogen-bond acceptors (Lipinski definition) is 4. The lowest BCUT2D eigenvalue weighted by Gasteiger charge is -2.22. The Bertz CT molecular complexity index is 664. The lowest BCUT2D eigenvalue weighted by atomic mass is 10.2. The molecule has 0 unspecified atom stereocenters. The van der Waals surface area contributed by atoms with Crippen molar-refractivity contribution in [2.45, 2.75) is 39.4 Å². The van der Waals surface area contributed by atoms with E-state index in [1.54, 1.807) is 31.3 Å². The number of aromatic nitrogens is 1. The van der Waals surface area contributed by atoms with Gasteiger partial charge in [-0.05, 0) is 45.9 Å². The fourth-order valence-corrected chi connectivity index (χ4v) is 2.02. The van der Waals surface area contributed by atoms with Crippen LogP contribution >= 0.6 is 11.6 Å². The van der Waals surface area contributed by atoms with Crippen LogP contribution in [0.2, 0.25) is 5.02 Å². The minimum absolute atomic E-state index is 0.401. The second kappa shape index (κ2) is 5.90. The number of rotatable bonds is 3. The molecule has 2 aromatic rings. The zero-order chi connectivity index (χ0) is 15.6. The van der Waals surface area contributed by atoms with Crippen LogP contribution < -0.4 is 4.74 Å². The second-order valence-electron chi connectivity index (χ2n) is 5.77. The Morgan fingerprint density at radius 1 is 1.29 bits per heavy atom. The highest BCUT2D eigenvalue weighted by Crippen LogP contribution is 2.25. The molecular formula is C16H18ClNO3. The van der Waals surface area contributed by atoms with Gasteiger partial charge in [0.15, 0.2) is 6.10 Å². The number of halogens is 1. The minimum Gasteiger partial charge on any atom is -0.479 e. The standard InChI is InChI=1S/C16H18ClNO3/c1-10(15(19)21-16(2,3)4)20-11-5-6-12-13(17)7-8-18-14(12)9-11/h5-10H,1-4H3/t10-/m1/s1. The largest absolute Gasteiger partial charge is 0.479 e. The third kappa shape index (κ3) is 4.08. The Kier molecular flexibility index (Phi) is 4.37. The van der Waals surface area contributed by atoms with Crippen LogP contribution in [-0.4, -0.2) is 22.7 Å². The maximum Gasteiger partial charge on any atom is 0.347 e. The van der Waals surface area contributed by atoms with Gasteiger partial charge in [-0.2, -0.15) is 0 Å². The van der Waals surface area contributed by atoms with E-state index in [1.165, 1.54) is 0 Å². The molecule has 0 saturated heterocycles.